The van der Waals surface area contributed by atoms with Gasteiger partial charge >= 0.3 is 0 Å². The van der Waals surface area contributed by atoms with Gasteiger partial charge in [0.2, 0.25) is 15.9 Å². The third kappa shape index (κ3) is 2.83. The summed E-state index contributed by atoms with van der Waals surface area (Å²) in [6.07, 6.45) is 2.00. The number of hydrogen-bond acceptors (Lipinski definition) is 3. The second-order valence-corrected chi connectivity index (χ2v) is 8.77. The molecule has 0 saturated heterocycles. The lowest BCUT2D eigenvalue weighted by Crippen LogP contribution is -2.32. The van der Waals surface area contributed by atoms with Gasteiger partial charge < -0.3 is 4.90 Å². The lowest BCUT2D eigenvalue weighted by atomic mass is 10.0. The maximum Gasteiger partial charge on any atom is 0.243 e. The summed E-state index contributed by atoms with van der Waals surface area (Å²) in [6, 6.07) is 13.1. The van der Waals surface area contributed by atoms with Crippen LogP contribution in [0.1, 0.15) is 30.0 Å². The molecule has 0 aromatic heterocycles. The third-order valence-corrected chi connectivity index (χ3v) is 7.07. The largest absolute Gasteiger partial charge is 0.312 e. The molecule has 2 aromatic carbocycles. The molecule has 0 fully saturated rings. The molecular formula is C20H22N2O3S. The van der Waals surface area contributed by atoms with Crippen LogP contribution in [-0.2, 0) is 34.2 Å². The highest BCUT2D eigenvalue weighted by Gasteiger charge is 2.34. The Bertz CT molecular complexity index is 955. The molecule has 0 bridgehead atoms. The van der Waals surface area contributed by atoms with Gasteiger partial charge in [-0.05, 0) is 41.7 Å². The summed E-state index contributed by atoms with van der Waals surface area (Å²) in [6.45, 7) is 3.33. The average molecular weight is 370 g/mol. The van der Waals surface area contributed by atoms with Gasteiger partial charge in [0.15, 0.2) is 0 Å². The van der Waals surface area contributed by atoms with Gasteiger partial charge in [-0.3, -0.25) is 4.79 Å². The summed E-state index contributed by atoms with van der Waals surface area (Å²) >= 11 is 0. The summed E-state index contributed by atoms with van der Waals surface area (Å²) in [7, 11) is -3.61. The molecule has 0 N–H and O–H groups in total. The van der Waals surface area contributed by atoms with Crippen LogP contribution in [0.25, 0.3) is 0 Å². The SMILES string of the molecule is CCN(Cc1ccccc1)S(=O)(=O)c1cc2c3c(c1)CC(=O)N3CCC2. The molecule has 2 aromatic rings. The van der Waals surface area contributed by atoms with Gasteiger partial charge in [0.25, 0.3) is 0 Å². The smallest absolute Gasteiger partial charge is 0.243 e. The van der Waals surface area contributed by atoms with Crippen molar-refractivity contribution in [3.8, 4) is 0 Å². The standard InChI is InChI=1S/C20H22N2O3S/c1-2-21(14-15-7-4-3-5-8-15)26(24,25)18-11-16-9-6-10-22-19(23)13-17(12-18)20(16)22/h3-5,7-8,11-12H,2,6,9-10,13-14H2,1H3. The van der Waals surface area contributed by atoms with Gasteiger partial charge in [0.1, 0.15) is 0 Å². The second-order valence-electron chi connectivity index (χ2n) is 6.83. The molecule has 0 aliphatic carbocycles. The van der Waals surface area contributed by atoms with Crippen molar-refractivity contribution in [3.63, 3.8) is 0 Å². The summed E-state index contributed by atoms with van der Waals surface area (Å²) < 4.78 is 28.0. The highest BCUT2D eigenvalue weighted by molar-refractivity contribution is 7.89. The zero-order valence-electron chi connectivity index (χ0n) is 14.8. The fourth-order valence-corrected chi connectivity index (χ4v) is 5.44. The number of amides is 1. The van der Waals surface area contributed by atoms with E-state index in [9.17, 15) is 13.2 Å². The summed E-state index contributed by atoms with van der Waals surface area (Å²) in [5.74, 6) is 0.0760. The molecule has 2 heterocycles. The van der Waals surface area contributed by atoms with E-state index in [-0.39, 0.29) is 5.91 Å². The fraction of sp³-hybridized carbons (Fsp3) is 0.350. The number of carbonyl (C=O) groups excluding carboxylic acids is 1. The fourth-order valence-electron chi connectivity index (χ4n) is 3.90. The van der Waals surface area contributed by atoms with E-state index in [0.29, 0.717) is 24.4 Å². The Labute approximate surface area is 154 Å². The molecule has 4 rings (SSSR count). The van der Waals surface area contributed by atoms with Gasteiger partial charge in [-0.15, -0.1) is 0 Å². The highest BCUT2D eigenvalue weighted by Crippen LogP contribution is 2.39. The van der Waals surface area contributed by atoms with Gasteiger partial charge in [-0.25, -0.2) is 8.42 Å². The van der Waals surface area contributed by atoms with Crippen LogP contribution >= 0.6 is 0 Å². The molecule has 0 spiro atoms. The molecule has 6 heteroatoms. The number of rotatable bonds is 5. The Hall–Kier alpha value is -2.18. The van der Waals surface area contributed by atoms with Gasteiger partial charge in [-0.2, -0.15) is 4.31 Å². The molecule has 0 saturated carbocycles. The quantitative estimate of drug-likeness (QED) is 0.813. The van der Waals surface area contributed by atoms with Crippen molar-refractivity contribution in [3.05, 3.63) is 59.2 Å². The predicted molar refractivity (Wildman–Crippen MR) is 101 cm³/mol. The minimum absolute atomic E-state index is 0.0760. The summed E-state index contributed by atoms with van der Waals surface area (Å²) in [5.41, 5.74) is 3.74. The van der Waals surface area contributed by atoms with E-state index in [1.165, 1.54) is 4.31 Å². The van der Waals surface area contributed by atoms with E-state index in [0.717, 1.165) is 41.8 Å². The molecule has 0 atom stereocenters. The molecule has 5 nitrogen and oxygen atoms in total. The third-order valence-electron chi connectivity index (χ3n) is 5.17. The number of anilines is 1. The lowest BCUT2D eigenvalue weighted by molar-refractivity contribution is -0.117. The van der Waals surface area contributed by atoms with Crippen LogP contribution in [0.3, 0.4) is 0 Å². The van der Waals surface area contributed by atoms with Gasteiger partial charge in [0, 0.05) is 19.6 Å². The lowest BCUT2D eigenvalue weighted by Gasteiger charge is -2.27. The molecule has 0 radical (unpaired) electrons. The van der Waals surface area contributed by atoms with E-state index < -0.39 is 10.0 Å². The van der Waals surface area contributed by atoms with E-state index in [4.69, 9.17) is 0 Å². The average Bonchev–Trinajstić information content (AvgIpc) is 2.98. The van der Waals surface area contributed by atoms with E-state index in [1.807, 2.05) is 42.2 Å². The first-order valence-corrected chi connectivity index (χ1v) is 10.4. The first-order chi connectivity index (χ1) is 12.5. The number of carbonyl (C=O) groups is 1. The zero-order chi connectivity index (χ0) is 18.3. The Kier molecular flexibility index (Phi) is 4.32. The topological polar surface area (TPSA) is 57.7 Å². The summed E-state index contributed by atoms with van der Waals surface area (Å²) in [4.78, 5) is 14.3. The first kappa shape index (κ1) is 17.2. The molecule has 136 valence electrons. The summed E-state index contributed by atoms with van der Waals surface area (Å²) in [5, 5.41) is 0. The maximum absolute atomic E-state index is 13.2. The molecule has 0 unspecified atom stereocenters. The van der Waals surface area contributed by atoms with Crippen LogP contribution in [0, 0.1) is 0 Å². The Balaban J connectivity index is 1.72. The molecular weight excluding hydrogens is 348 g/mol. The van der Waals surface area contributed by atoms with Crippen LogP contribution in [0.15, 0.2) is 47.4 Å². The van der Waals surface area contributed by atoms with Crippen LogP contribution in [0.5, 0.6) is 0 Å². The van der Waals surface area contributed by atoms with Crippen molar-refractivity contribution < 1.29 is 13.2 Å². The van der Waals surface area contributed by atoms with Crippen molar-refractivity contribution in [1.82, 2.24) is 4.31 Å². The minimum Gasteiger partial charge on any atom is -0.312 e. The van der Waals surface area contributed by atoms with Gasteiger partial charge in [-0.1, -0.05) is 37.3 Å². The molecule has 2 aliphatic rings. The number of nitrogens with zero attached hydrogens (tertiary/aromatic N) is 2. The predicted octanol–water partition coefficient (Wildman–Crippen LogP) is 2.73. The Morgan fingerprint density at radius 2 is 1.85 bits per heavy atom. The maximum atomic E-state index is 13.2. The van der Waals surface area contributed by atoms with Crippen molar-refractivity contribution in [2.75, 3.05) is 18.0 Å². The monoisotopic (exact) mass is 370 g/mol. The van der Waals surface area contributed by atoms with Crippen LogP contribution < -0.4 is 4.90 Å². The molecule has 1 amide bonds. The Morgan fingerprint density at radius 3 is 2.58 bits per heavy atom. The minimum atomic E-state index is -3.61. The van der Waals surface area contributed by atoms with Crippen LogP contribution in [0.2, 0.25) is 0 Å². The van der Waals surface area contributed by atoms with E-state index >= 15 is 0 Å². The van der Waals surface area contributed by atoms with Crippen molar-refractivity contribution >= 4 is 21.6 Å². The number of hydrogen-bond donors (Lipinski definition) is 0. The number of sulfonamides is 1. The molecule has 2 aliphatic heterocycles. The molecule has 26 heavy (non-hydrogen) atoms. The van der Waals surface area contributed by atoms with E-state index in [2.05, 4.69) is 0 Å². The normalized spacial score (nSPS) is 16.2. The number of benzene rings is 2. The van der Waals surface area contributed by atoms with Crippen molar-refractivity contribution in [1.29, 1.82) is 0 Å². The zero-order valence-corrected chi connectivity index (χ0v) is 15.6. The Morgan fingerprint density at radius 1 is 1.12 bits per heavy atom. The van der Waals surface area contributed by atoms with Gasteiger partial charge in [0.05, 0.1) is 17.0 Å². The highest BCUT2D eigenvalue weighted by atomic mass is 32.2. The van der Waals surface area contributed by atoms with Crippen molar-refractivity contribution in [2.24, 2.45) is 0 Å². The van der Waals surface area contributed by atoms with Crippen LogP contribution in [-0.4, -0.2) is 31.7 Å². The second kappa shape index (κ2) is 6.52. The first-order valence-electron chi connectivity index (χ1n) is 9.01. The van der Waals surface area contributed by atoms with E-state index in [1.54, 1.807) is 12.1 Å². The van der Waals surface area contributed by atoms with Crippen LogP contribution in [0.4, 0.5) is 5.69 Å². The van der Waals surface area contributed by atoms with Crippen molar-refractivity contribution in [2.45, 2.75) is 37.6 Å². The number of aryl methyl sites for hydroxylation is 1.